The topological polar surface area (TPSA) is 115 Å². The Morgan fingerprint density at radius 1 is 1.41 bits per heavy atom. The average Bonchev–Trinajstić information content (AvgIpc) is 2.18. The number of primary amides is 1. The van der Waals surface area contributed by atoms with E-state index in [1.165, 1.54) is 12.1 Å². The van der Waals surface area contributed by atoms with Crippen LogP contribution in [-0.4, -0.2) is 32.9 Å². The maximum Gasteiger partial charge on any atom is 0.248 e. The molecule has 6 nitrogen and oxygen atoms in total. The molecule has 0 aliphatic heterocycles. The number of carbonyl (C=O) groups excluding carboxylic acids is 1. The van der Waals surface area contributed by atoms with Gasteiger partial charge in [0.05, 0.1) is 17.1 Å². The summed E-state index contributed by atoms with van der Waals surface area (Å²) in [6, 6.07) is 4.57. The lowest BCUT2D eigenvalue weighted by molar-refractivity contribution is 0.100. The Morgan fingerprint density at radius 3 is 2.53 bits per heavy atom. The van der Waals surface area contributed by atoms with Gasteiger partial charge in [0.15, 0.2) is 0 Å². The Kier molecular flexibility index (Phi) is 3.95. The third-order valence-electron chi connectivity index (χ3n) is 2.12. The zero-order chi connectivity index (χ0) is 13.1. The second-order valence-electron chi connectivity index (χ2n) is 3.72. The highest BCUT2D eigenvalue weighted by molar-refractivity contribution is 7.90. The summed E-state index contributed by atoms with van der Waals surface area (Å²) in [7, 11) is -3.01. The summed E-state index contributed by atoms with van der Waals surface area (Å²) < 4.78 is 21.8. The first-order valence-corrected chi connectivity index (χ1v) is 6.96. The predicted octanol–water partition coefficient (Wildman–Crippen LogP) is -0.176. The van der Waals surface area contributed by atoms with Crippen LogP contribution in [0, 0.1) is 0 Å². The molecule has 0 aliphatic rings. The van der Waals surface area contributed by atoms with Crippen molar-refractivity contribution in [1.29, 1.82) is 0 Å². The van der Waals surface area contributed by atoms with Crippen LogP contribution in [0.1, 0.15) is 10.4 Å². The van der Waals surface area contributed by atoms with E-state index in [1.807, 2.05) is 0 Å². The fourth-order valence-corrected chi connectivity index (χ4v) is 1.72. The Morgan fingerprint density at radius 2 is 2.06 bits per heavy atom. The van der Waals surface area contributed by atoms with Crippen molar-refractivity contribution in [3.05, 3.63) is 23.8 Å². The molecule has 0 saturated carbocycles. The third-order valence-corrected chi connectivity index (χ3v) is 3.07. The van der Waals surface area contributed by atoms with Crippen molar-refractivity contribution < 1.29 is 13.2 Å². The number of nitrogens with two attached hydrogens (primary N) is 2. The molecule has 0 fully saturated rings. The lowest BCUT2D eigenvalue weighted by Crippen LogP contribution is -2.16. The van der Waals surface area contributed by atoms with Gasteiger partial charge in [-0.25, -0.2) is 8.42 Å². The van der Waals surface area contributed by atoms with E-state index in [0.717, 1.165) is 6.26 Å². The molecular weight excluding hydrogens is 242 g/mol. The predicted molar refractivity (Wildman–Crippen MR) is 67.6 cm³/mol. The van der Waals surface area contributed by atoms with Gasteiger partial charge in [-0.1, -0.05) is 0 Å². The Hall–Kier alpha value is -1.76. The number of rotatable bonds is 5. The van der Waals surface area contributed by atoms with Gasteiger partial charge in [-0.15, -0.1) is 0 Å². The molecule has 0 atom stereocenters. The van der Waals surface area contributed by atoms with E-state index >= 15 is 0 Å². The molecule has 0 saturated heterocycles. The molecule has 0 aliphatic carbocycles. The largest absolute Gasteiger partial charge is 0.397 e. The summed E-state index contributed by atoms with van der Waals surface area (Å²) in [4.78, 5) is 10.9. The highest BCUT2D eigenvalue weighted by atomic mass is 32.2. The maximum atomic E-state index is 10.9. The van der Waals surface area contributed by atoms with Crippen LogP contribution in [0.5, 0.6) is 0 Å². The van der Waals surface area contributed by atoms with Crippen molar-refractivity contribution in [2.75, 3.05) is 29.6 Å². The van der Waals surface area contributed by atoms with Gasteiger partial charge >= 0.3 is 0 Å². The first-order valence-electron chi connectivity index (χ1n) is 4.90. The molecule has 0 spiro atoms. The number of anilines is 2. The van der Waals surface area contributed by atoms with Crippen molar-refractivity contribution in [2.24, 2.45) is 5.73 Å². The lowest BCUT2D eigenvalue weighted by Gasteiger charge is -2.09. The van der Waals surface area contributed by atoms with Gasteiger partial charge in [0.2, 0.25) is 5.91 Å². The van der Waals surface area contributed by atoms with Crippen LogP contribution < -0.4 is 16.8 Å². The molecular formula is C10H15N3O3S. The number of benzene rings is 1. The van der Waals surface area contributed by atoms with Crippen LogP contribution in [0.25, 0.3) is 0 Å². The van der Waals surface area contributed by atoms with Crippen molar-refractivity contribution in [2.45, 2.75) is 0 Å². The SMILES string of the molecule is CS(=O)(=O)CCNc1ccc(C(N)=O)cc1N. The minimum atomic E-state index is -3.01. The molecule has 1 aromatic rings. The van der Waals surface area contributed by atoms with E-state index in [9.17, 15) is 13.2 Å². The average molecular weight is 257 g/mol. The van der Waals surface area contributed by atoms with Crippen LogP contribution in [0.2, 0.25) is 0 Å². The first-order chi connectivity index (χ1) is 7.79. The van der Waals surface area contributed by atoms with Crippen LogP contribution >= 0.6 is 0 Å². The van der Waals surface area contributed by atoms with Crippen LogP contribution in [0.3, 0.4) is 0 Å². The van der Waals surface area contributed by atoms with Gasteiger partial charge in [-0.05, 0) is 18.2 Å². The highest BCUT2D eigenvalue weighted by Crippen LogP contribution is 2.19. The molecule has 0 heterocycles. The summed E-state index contributed by atoms with van der Waals surface area (Å²) in [6.07, 6.45) is 1.16. The molecule has 7 heteroatoms. The van der Waals surface area contributed by atoms with Crippen LogP contribution in [0.4, 0.5) is 11.4 Å². The third kappa shape index (κ3) is 4.31. The molecule has 0 radical (unpaired) electrons. The van der Waals surface area contributed by atoms with Crippen molar-refractivity contribution in [3.63, 3.8) is 0 Å². The minimum absolute atomic E-state index is 0.0179. The van der Waals surface area contributed by atoms with E-state index in [4.69, 9.17) is 11.5 Å². The summed E-state index contributed by atoms with van der Waals surface area (Å²) in [5, 5.41) is 2.88. The van der Waals surface area contributed by atoms with Gasteiger partial charge in [0.25, 0.3) is 0 Å². The maximum absolute atomic E-state index is 10.9. The molecule has 5 N–H and O–H groups in total. The minimum Gasteiger partial charge on any atom is -0.397 e. The first kappa shape index (κ1) is 13.3. The van der Waals surface area contributed by atoms with E-state index < -0.39 is 15.7 Å². The van der Waals surface area contributed by atoms with Gasteiger partial charge in [0.1, 0.15) is 9.84 Å². The van der Waals surface area contributed by atoms with E-state index in [1.54, 1.807) is 6.07 Å². The fraction of sp³-hybridized carbons (Fsp3) is 0.300. The normalized spacial score (nSPS) is 11.1. The summed E-state index contributed by atoms with van der Waals surface area (Å²) >= 11 is 0. The monoisotopic (exact) mass is 257 g/mol. The van der Waals surface area contributed by atoms with E-state index in [0.29, 0.717) is 16.9 Å². The van der Waals surface area contributed by atoms with Crippen LogP contribution in [-0.2, 0) is 9.84 Å². The van der Waals surface area contributed by atoms with Crippen molar-refractivity contribution in [1.82, 2.24) is 0 Å². The quantitative estimate of drug-likeness (QED) is 0.633. The number of nitrogen functional groups attached to an aromatic ring is 1. The molecule has 17 heavy (non-hydrogen) atoms. The van der Waals surface area contributed by atoms with Gasteiger partial charge < -0.3 is 16.8 Å². The Bertz CT molecular complexity index is 526. The number of amides is 1. The number of hydrogen-bond acceptors (Lipinski definition) is 5. The molecule has 0 bridgehead atoms. The number of hydrogen-bond donors (Lipinski definition) is 3. The van der Waals surface area contributed by atoms with Crippen molar-refractivity contribution >= 4 is 27.1 Å². The zero-order valence-electron chi connectivity index (χ0n) is 9.43. The molecule has 1 aromatic carbocycles. The number of nitrogens with one attached hydrogen (secondary N) is 1. The second kappa shape index (κ2) is 5.05. The van der Waals surface area contributed by atoms with E-state index in [2.05, 4.69) is 5.32 Å². The lowest BCUT2D eigenvalue weighted by atomic mass is 10.1. The number of sulfone groups is 1. The summed E-state index contributed by atoms with van der Waals surface area (Å²) in [6.45, 7) is 0.263. The second-order valence-corrected chi connectivity index (χ2v) is 5.98. The summed E-state index contributed by atoms with van der Waals surface area (Å²) in [5.41, 5.74) is 12.0. The van der Waals surface area contributed by atoms with E-state index in [-0.39, 0.29) is 12.3 Å². The van der Waals surface area contributed by atoms with Gasteiger partial charge in [0, 0.05) is 18.4 Å². The standard InChI is InChI=1S/C10H15N3O3S/c1-17(15,16)5-4-13-9-3-2-7(10(12)14)6-8(9)11/h2-3,6,13H,4-5,11H2,1H3,(H2,12,14). The smallest absolute Gasteiger partial charge is 0.248 e. The molecule has 0 aromatic heterocycles. The van der Waals surface area contributed by atoms with Gasteiger partial charge in [-0.2, -0.15) is 0 Å². The molecule has 1 rings (SSSR count). The Labute approximate surface area is 99.9 Å². The highest BCUT2D eigenvalue weighted by Gasteiger charge is 2.06. The van der Waals surface area contributed by atoms with Crippen LogP contribution in [0.15, 0.2) is 18.2 Å². The fourth-order valence-electron chi connectivity index (χ4n) is 1.25. The molecule has 1 amide bonds. The number of carbonyl (C=O) groups is 1. The zero-order valence-corrected chi connectivity index (χ0v) is 10.3. The summed E-state index contributed by atoms with van der Waals surface area (Å²) in [5.74, 6) is -0.538. The Balaban J connectivity index is 2.70. The molecule has 0 unspecified atom stereocenters. The van der Waals surface area contributed by atoms with Gasteiger partial charge in [-0.3, -0.25) is 4.79 Å². The molecule has 94 valence electrons. The van der Waals surface area contributed by atoms with Crippen molar-refractivity contribution in [3.8, 4) is 0 Å².